The molecule has 0 atom stereocenters. The molecule has 0 saturated heterocycles. The largest absolute Gasteiger partial charge is 0.323 e. The second-order valence-electron chi connectivity index (χ2n) is 6.57. The molecule has 4 rings (SSSR count). The standard InChI is InChI=1S/C21H17N3O3/c1-12-10-13(2)22-19-14(12)8-5-9-17(19)23-18(25)11-24-20(26)15-6-3-4-7-16(15)21(24)27/h3-10H,11H2,1-2H3,(H,23,25). The number of benzene rings is 2. The average Bonchev–Trinajstić information content (AvgIpc) is 2.88. The second-order valence-corrected chi connectivity index (χ2v) is 6.57. The van der Waals surface area contributed by atoms with E-state index < -0.39 is 17.7 Å². The van der Waals surface area contributed by atoms with E-state index in [2.05, 4.69) is 10.3 Å². The predicted octanol–water partition coefficient (Wildman–Crippen LogP) is 3.09. The summed E-state index contributed by atoms with van der Waals surface area (Å²) in [4.78, 5) is 42.8. The number of imide groups is 1. The number of hydrogen-bond donors (Lipinski definition) is 1. The van der Waals surface area contributed by atoms with E-state index in [-0.39, 0.29) is 6.54 Å². The van der Waals surface area contributed by atoms with Crippen molar-refractivity contribution >= 4 is 34.3 Å². The molecular weight excluding hydrogens is 342 g/mol. The van der Waals surface area contributed by atoms with Crippen molar-refractivity contribution in [2.45, 2.75) is 13.8 Å². The Morgan fingerprint density at radius 2 is 1.67 bits per heavy atom. The maximum Gasteiger partial charge on any atom is 0.262 e. The molecule has 0 bridgehead atoms. The Morgan fingerprint density at radius 3 is 2.33 bits per heavy atom. The number of aryl methyl sites for hydroxylation is 2. The number of nitrogens with zero attached hydrogens (tertiary/aromatic N) is 2. The number of para-hydroxylation sites is 1. The summed E-state index contributed by atoms with van der Waals surface area (Å²) in [5.74, 6) is -1.35. The van der Waals surface area contributed by atoms with Gasteiger partial charge in [0, 0.05) is 11.1 Å². The lowest BCUT2D eigenvalue weighted by Gasteiger charge is -2.15. The number of amides is 3. The summed E-state index contributed by atoms with van der Waals surface area (Å²) in [5, 5.41) is 3.73. The molecule has 0 unspecified atom stereocenters. The summed E-state index contributed by atoms with van der Waals surface area (Å²) < 4.78 is 0. The second kappa shape index (κ2) is 6.32. The van der Waals surface area contributed by atoms with Crippen LogP contribution in [-0.4, -0.2) is 34.2 Å². The van der Waals surface area contributed by atoms with Gasteiger partial charge < -0.3 is 5.32 Å². The summed E-state index contributed by atoms with van der Waals surface area (Å²) >= 11 is 0. The number of aromatic nitrogens is 1. The van der Waals surface area contributed by atoms with Crippen molar-refractivity contribution < 1.29 is 14.4 Å². The highest BCUT2D eigenvalue weighted by atomic mass is 16.2. The minimum atomic E-state index is -0.450. The van der Waals surface area contributed by atoms with Crippen LogP contribution in [0.3, 0.4) is 0 Å². The average molecular weight is 359 g/mol. The van der Waals surface area contributed by atoms with Crippen molar-refractivity contribution in [3.05, 3.63) is 70.9 Å². The fraction of sp³-hybridized carbons (Fsp3) is 0.143. The number of carbonyl (C=O) groups excluding carboxylic acids is 3. The summed E-state index contributed by atoms with van der Waals surface area (Å²) in [6, 6.07) is 14.1. The van der Waals surface area contributed by atoms with Crippen LogP contribution in [0.15, 0.2) is 48.5 Å². The molecule has 0 spiro atoms. The monoisotopic (exact) mass is 359 g/mol. The van der Waals surface area contributed by atoms with Gasteiger partial charge in [0.15, 0.2) is 0 Å². The zero-order valence-corrected chi connectivity index (χ0v) is 14.9. The van der Waals surface area contributed by atoms with E-state index >= 15 is 0 Å². The third-order valence-electron chi connectivity index (χ3n) is 4.63. The fourth-order valence-corrected chi connectivity index (χ4v) is 3.40. The number of fused-ring (bicyclic) bond motifs is 2. The van der Waals surface area contributed by atoms with E-state index in [4.69, 9.17) is 0 Å². The fourth-order valence-electron chi connectivity index (χ4n) is 3.40. The van der Waals surface area contributed by atoms with Crippen LogP contribution in [0.25, 0.3) is 10.9 Å². The molecule has 134 valence electrons. The summed E-state index contributed by atoms with van der Waals surface area (Å²) in [6.45, 7) is 3.54. The molecule has 0 aliphatic carbocycles. The quantitative estimate of drug-likeness (QED) is 0.729. The lowest BCUT2D eigenvalue weighted by atomic mass is 10.1. The Morgan fingerprint density at radius 1 is 1.00 bits per heavy atom. The first-order valence-corrected chi connectivity index (χ1v) is 8.58. The van der Waals surface area contributed by atoms with Gasteiger partial charge in [0.2, 0.25) is 5.91 Å². The van der Waals surface area contributed by atoms with E-state index in [9.17, 15) is 14.4 Å². The van der Waals surface area contributed by atoms with Crippen molar-refractivity contribution in [2.24, 2.45) is 0 Å². The molecule has 0 radical (unpaired) electrons. The van der Waals surface area contributed by atoms with Gasteiger partial charge in [-0.15, -0.1) is 0 Å². The van der Waals surface area contributed by atoms with Crippen LogP contribution in [0.4, 0.5) is 5.69 Å². The van der Waals surface area contributed by atoms with Crippen molar-refractivity contribution in [1.82, 2.24) is 9.88 Å². The van der Waals surface area contributed by atoms with Crippen molar-refractivity contribution in [1.29, 1.82) is 0 Å². The lowest BCUT2D eigenvalue weighted by molar-refractivity contribution is -0.116. The summed E-state index contributed by atoms with van der Waals surface area (Å²) in [6.07, 6.45) is 0. The van der Waals surface area contributed by atoms with E-state index in [0.717, 1.165) is 21.5 Å². The smallest absolute Gasteiger partial charge is 0.262 e. The normalized spacial score (nSPS) is 13.2. The number of hydrogen-bond acceptors (Lipinski definition) is 4. The molecule has 2 aromatic carbocycles. The van der Waals surface area contributed by atoms with Crippen LogP contribution in [-0.2, 0) is 4.79 Å². The Kier molecular flexibility index (Phi) is 3.96. The minimum absolute atomic E-state index is 0.327. The minimum Gasteiger partial charge on any atom is -0.323 e. The van der Waals surface area contributed by atoms with Gasteiger partial charge in [-0.25, -0.2) is 0 Å². The van der Waals surface area contributed by atoms with Crippen molar-refractivity contribution in [3.8, 4) is 0 Å². The van der Waals surface area contributed by atoms with Gasteiger partial charge in [0.1, 0.15) is 6.54 Å². The first-order valence-electron chi connectivity index (χ1n) is 8.58. The van der Waals surface area contributed by atoms with Gasteiger partial charge in [-0.3, -0.25) is 24.3 Å². The molecule has 0 fully saturated rings. The third kappa shape index (κ3) is 2.85. The van der Waals surface area contributed by atoms with Gasteiger partial charge >= 0.3 is 0 Å². The molecule has 1 aliphatic heterocycles. The SMILES string of the molecule is Cc1cc(C)c2cccc(NC(=O)CN3C(=O)c4ccccc4C3=O)c2n1. The van der Waals surface area contributed by atoms with Crippen LogP contribution in [0.5, 0.6) is 0 Å². The predicted molar refractivity (Wildman–Crippen MR) is 102 cm³/mol. The number of anilines is 1. The number of rotatable bonds is 3. The van der Waals surface area contributed by atoms with E-state index in [0.29, 0.717) is 22.3 Å². The molecule has 1 aromatic heterocycles. The molecule has 0 saturated carbocycles. The van der Waals surface area contributed by atoms with Crippen molar-refractivity contribution in [3.63, 3.8) is 0 Å². The Balaban J connectivity index is 1.59. The van der Waals surface area contributed by atoms with Crippen LogP contribution < -0.4 is 5.32 Å². The van der Waals surface area contributed by atoms with Crippen molar-refractivity contribution in [2.75, 3.05) is 11.9 Å². The zero-order chi connectivity index (χ0) is 19.1. The maximum absolute atomic E-state index is 12.5. The van der Waals surface area contributed by atoms with Crippen LogP contribution in [0, 0.1) is 13.8 Å². The Labute approximate surface area is 155 Å². The molecular formula is C21H17N3O3. The number of pyridine rings is 1. The van der Waals surface area contributed by atoms with Crippen LogP contribution >= 0.6 is 0 Å². The molecule has 1 aliphatic rings. The number of carbonyl (C=O) groups is 3. The number of nitrogens with one attached hydrogen (secondary N) is 1. The zero-order valence-electron chi connectivity index (χ0n) is 14.9. The van der Waals surface area contributed by atoms with E-state index in [1.807, 2.05) is 32.0 Å². The molecule has 27 heavy (non-hydrogen) atoms. The Bertz CT molecular complexity index is 1090. The molecule has 1 N–H and O–H groups in total. The molecule has 3 amide bonds. The summed E-state index contributed by atoms with van der Waals surface area (Å²) in [5.41, 5.74) is 3.81. The van der Waals surface area contributed by atoms with Gasteiger partial charge in [-0.2, -0.15) is 0 Å². The first kappa shape index (κ1) is 16.9. The molecule has 6 nitrogen and oxygen atoms in total. The topological polar surface area (TPSA) is 79.4 Å². The first-order chi connectivity index (χ1) is 13.0. The third-order valence-corrected chi connectivity index (χ3v) is 4.63. The van der Waals surface area contributed by atoms with Gasteiger partial charge in [0.25, 0.3) is 11.8 Å². The summed E-state index contributed by atoms with van der Waals surface area (Å²) in [7, 11) is 0. The van der Waals surface area contributed by atoms with E-state index in [1.54, 1.807) is 30.3 Å². The Hall–Kier alpha value is -3.54. The highest BCUT2D eigenvalue weighted by Gasteiger charge is 2.36. The van der Waals surface area contributed by atoms with Crippen LogP contribution in [0.2, 0.25) is 0 Å². The van der Waals surface area contributed by atoms with Crippen LogP contribution in [0.1, 0.15) is 32.0 Å². The van der Waals surface area contributed by atoms with Gasteiger partial charge in [-0.1, -0.05) is 24.3 Å². The maximum atomic E-state index is 12.5. The lowest BCUT2D eigenvalue weighted by Crippen LogP contribution is -2.37. The molecule has 3 aromatic rings. The highest BCUT2D eigenvalue weighted by Crippen LogP contribution is 2.26. The van der Waals surface area contributed by atoms with Gasteiger partial charge in [0.05, 0.1) is 22.3 Å². The molecule has 6 heteroatoms. The highest BCUT2D eigenvalue weighted by molar-refractivity contribution is 6.22. The van der Waals surface area contributed by atoms with Gasteiger partial charge in [-0.05, 0) is 43.7 Å². The molecule has 2 heterocycles. The van der Waals surface area contributed by atoms with E-state index in [1.165, 1.54) is 0 Å².